The summed E-state index contributed by atoms with van der Waals surface area (Å²) in [5.41, 5.74) is 6.88. The molecule has 0 radical (unpaired) electrons. The quantitative estimate of drug-likeness (QED) is 0.822. The molecule has 1 aromatic carbocycles. The molecule has 106 valence electrons. The SMILES string of the molecule is COC(CN)Cc1cccc(OCC2CCCC2)c1. The van der Waals surface area contributed by atoms with Crippen LogP contribution in [0.4, 0.5) is 0 Å². The fourth-order valence-corrected chi connectivity index (χ4v) is 2.68. The van der Waals surface area contributed by atoms with E-state index in [2.05, 4.69) is 12.1 Å². The van der Waals surface area contributed by atoms with Crippen molar-refractivity contribution < 1.29 is 9.47 Å². The molecule has 1 fully saturated rings. The lowest BCUT2D eigenvalue weighted by Gasteiger charge is -2.15. The number of nitrogens with two attached hydrogens (primary N) is 1. The molecule has 0 heterocycles. The van der Waals surface area contributed by atoms with E-state index in [9.17, 15) is 0 Å². The molecule has 0 saturated heterocycles. The number of methoxy groups -OCH3 is 1. The van der Waals surface area contributed by atoms with Gasteiger partial charge in [0.1, 0.15) is 5.75 Å². The second-order valence-corrected chi connectivity index (χ2v) is 5.41. The normalized spacial score (nSPS) is 17.6. The van der Waals surface area contributed by atoms with E-state index in [4.69, 9.17) is 15.2 Å². The van der Waals surface area contributed by atoms with E-state index in [0.29, 0.717) is 6.54 Å². The topological polar surface area (TPSA) is 44.5 Å². The molecule has 3 nitrogen and oxygen atoms in total. The van der Waals surface area contributed by atoms with E-state index >= 15 is 0 Å². The van der Waals surface area contributed by atoms with Crippen LogP contribution in [-0.4, -0.2) is 26.4 Å². The molecule has 1 aromatic rings. The van der Waals surface area contributed by atoms with E-state index < -0.39 is 0 Å². The Labute approximate surface area is 116 Å². The van der Waals surface area contributed by atoms with Crippen LogP contribution >= 0.6 is 0 Å². The zero-order chi connectivity index (χ0) is 13.5. The van der Waals surface area contributed by atoms with Crippen molar-refractivity contribution in [3.63, 3.8) is 0 Å². The lowest BCUT2D eigenvalue weighted by Crippen LogP contribution is -2.24. The van der Waals surface area contributed by atoms with E-state index in [-0.39, 0.29) is 6.10 Å². The van der Waals surface area contributed by atoms with Crippen LogP contribution in [0.3, 0.4) is 0 Å². The largest absolute Gasteiger partial charge is 0.493 e. The smallest absolute Gasteiger partial charge is 0.119 e. The van der Waals surface area contributed by atoms with Crippen molar-refractivity contribution in [1.82, 2.24) is 0 Å². The second kappa shape index (κ2) is 7.51. The Balaban J connectivity index is 1.86. The van der Waals surface area contributed by atoms with Crippen molar-refractivity contribution in [2.45, 2.75) is 38.2 Å². The highest BCUT2D eigenvalue weighted by Crippen LogP contribution is 2.26. The lowest BCUT2D eigenvalue weighted by atomic mass is 10.1. The maximum atomic E-state index is 5.91. The van der Waals surface area contributed by atoms with Crippen LogP contribution in [0.5, 0.6) is 5.75 Å². The van der Waals surface area contributed by atoms with Gasteiger partial charge in [-0.15, -0.1) is 0 Å². The molecule has 0 aromatic heterocycles. The molecule has 0 amide bonds. The molecule has 1 aliphatic rings. The summed E-state index contributed by atoms with van der Waals surface area (Å²) in [7, 11) is 1.71. The molecule has 1 unspecified atom stereocenters. The summed E-state index contributed by atoms with van der Waals surface area (Å²) in [5.74, 6) is 1.72. The Bertz CT molecular complexity index is 371. The average molecular weight is 263 g/mol. The minimum absolute atomic E-state index is 0.0880. The summed E-state index contributed by atoms with van der Waals surface area (Å²) in [6.07, 6.45) is 6.29. The highest BCUT2D eigenvalue weighted by molar-refractivity contribution is 5.29. The van der Waals surface area contributed by atoms with Crippen LogP contribution in [0.15, 0.2) is 24.3 Å². The molecule has 19 heavy (non-hydrogen) atoms. The van der Waals surface area contributed by atoms with Gasteiger partial charge in [0.05, 0.1) is 12.7 Å². The van der Waals surface area contributed by atoms with Gasteiger partial charge in [0.25, 0.3) is 0 Å². The average Bonchev–Trinajstić information content (AvgIpc) is 2.96. The van der Waals surface area contributed by atoms with Crippen LogP contribution in [0.2, 0.25) is 0 Å². The van der Waals surface area contributed by atoms with Gasteiger partial charge >= 0.3 is 0 Å². The first-order valence-electron chi connectivity index (χ1n) is 7.26. The second-order valence-electron chi connectivity index (χ2n) is 5.41. The monoisotopic (exact) mass is 263 g/mol. The maximum Gasteiger partial charge on any atom is 0.119 e. The van der Waals surface area contributed by atoms with Crippen LogP contribution in [0, 0.1) is 5.92 Å². The summed E-state index contributed by atoms with van der Waals surface area (Å²) in [6, 6.07) is 8.28. The van der Waals surface area contributed by atoms with Crippen molar-refractivity contribution in [3.05, 3.63) is 29.8 Å². The maximum absolute atomic E-state index is 5.91. The minimum Gasteiger partial charge on any atom is -0.493 e. The van der Waals surface area contributed by atoms with E-state index in [1.807, 2.05) is 12.1 Å². The standard InChI is InChI=1S/C16H25NO2/c1-18-16(11-17)10-14-7-4-8-15(9-14)19-12-13-5-2-3-6-13/h4,7-9,13,16H,2-3,5-6,10-12,17H2,1H3. The Morgan fingerprint density at radius 1 is 1.32 bits per heavy atom. The fourth-order valence-electron chi connectivity index (χ4n) is 2.68. The minimum atomic E-state index is 0.0880. The molecular formula is C16H25NO2. The summed E-state index contributed by atoms with van der Waals surface area (Å²) in [4.78, 5) is 0. The Kier molecular flexibility index (Phi) is 5.67. The van der Waals surface area contributed by atoms with Gasteiger partial charge in [-0.1, -0.05) is 25.0 Å². The zero-order valence-corrected chi connectivity index (χ0v) is 11.8. The molecule has 1 atom stereocenters. The number of ether oxygens (including phenoxy) is 2. The summed E-state index contributed by atoms with van der Waals surface area (Å²) in [5, 5.41) is 0. The summed E-state index contributed by atoms with van der Waals surface area (Å²) < 4.78 is 11.2. The van der Waals surface area contributed by atoms with Gasteiger partial charge in [-0.05, 0) is 42.9 Å². The highest BCUT2D eigenvalue weighted by Gasteiger charge is 2.15. The fraction of sp³-hybridized carbons (Fsp3) is 0.625. The first kappa shape index (κ1) is 14.4. The number of rotatable bonds is 7. The Hall–Kier alpha value is -1.06. The van der Waals surface area contributed by atoms with Crippen molar-refractivity contribution in [2.24, 2.45) is 11.7 Å². The Morgan fingerprint density at radius 2 is 2.11 bits per heavy atom. The third-order valence-electron chi connectivity index (χ3n) is 3.92. The van der Waals surface area contributed by atoms with E-state index in [0.717, 1.165) is 24.7 Å². The van der Waals surface area contributed by atoms with Gasteiger partial charge in [0.15, 0.2) is 0 Å². The first-order valence-corrected chi connectivity index (χ1v) is 7.26. The third-order valence-corrected chi connectivity index (χ3v) is 3.92. The van der Waals surface area contributed by atoms with Crippen molar-refractivity contribution in [2.75, 3.05) is 20.3 Å². The first-order chi connectivity index (χ1) is 9.31. The van der Waals surface area contributed by atoms with Crippen molar-refractivity contribution in [1.29, 1.82) is 0 Å². The zero-order valence-electron chi connectivity index (χ0n) is 11.8. The summed E-state index contributed by atoms with van der Waals surface area (Å²) in [6.45, 7) is 1.40. The summed E-state index contributed by atoms with van der Waals surface area (Å²) >= 11 is 0. The van der Waals surface area contributed by atoms with Gasteiger partial charge in [-0.25, -0.2) is 0 Å². The van der Waals surface area contributed by atoms with Crippen LogP contribution in [0.25, 0.3) is 0 Å². The van der Waals surface area contributed by atoms with Crippen molar-refractivity contribution >= 4 is 0 Å². The van der Waals surface area contributed by atoms with Gasteiger partial charge < -0.3 is 15.2 Å². The molecule has 2 N–H and O–H groups in total. The van der Waals surface area contributed by atoms with Gasteiger partial charge in [0.2, 0.25) is 0 Å². The molecule has 0 aliphatic heterocycles. The van der Waals surface area contributed by atoms with E-state index in [1.165, 1.54) is 31.2 Å². The molecular weight excluding hydrogens is 238 g/mol. The molecule has 2 rings (SSSR count). The molecule has 1 saturated carbocycles. The third kappa shape index (κ3) is 4.51. The molecule has 0 spiro atoms. The van der Waals surface area contributed by atoms with Crippen LogP contribution in [0.1, 0.15) is 31.2 Å². The lowest BCUT2D eigenvalue weighted by molar-refractivity contribution is 0.110. The van der Waals surface area contributed by atoms with Gasteiger partial charge in [-0.3, -0.25) is 0 Å². The van der Waals surface area contributed by atoms with Crippen molar-refractivity contribution in [3.8, 4) is 5.75 Å². The van der Waals surface area contributed by atoms with E-state index in [1.54, 1.807) is 7.11 Å². The predicted octanol–water partition coefficient (Wildman–Crippen LogP) is 2.77. The van der Waals surface area contributed by atoms with Crippen LogP contribution in [-0.2, 0) is 11.2 Å². The molecule has 3 heteroatoms. The highest BCUT2D eigenvalue weighted by atomic mass is 16.5. The Morgan fingerprint density at radius 3 is 2.79 bits per heavy atom. The number of benzene rings is 1. The van der Waals surface area contributed by atoms with Crippen LogP contribution < -0.4 is 10.5 Å². The molecule has 1 aliphatic carbocycles. The van der Waals surface area contributed by atoms with Gasteiger partial charge in [-0.2, -0.15) is 0 Å². The number of hydrogen-bond acceptors (Lipinski definition) is 3. The molecule has 0 bridgehead atoms. The number of hydrogen-bond donors (Lipinski definition) is 1. The van der Waals surface area contributed by atoms with Gasteiger partial charge in [0, 0.05) is 13.7 Å². The predicted molar refractivity (Wildman–Crippen MR) is 77.5 cm³/mol.